The monoisotopic (exact) mass is 1730 g/mol. The lowest BCUT2D eigenvalue weighted by atomic mass is 9.99. The van der Waals surface area contributed by atoms with Crippen LogP contribution in [0, 0.1) is 48.5 Å². The maximum absolute atomic E-state index is 9.87. The van der Waals surface area contributed by atoms with Gasteiger partial charge in [0.15, 0.2) is 0 Å². The molecule has 0 atom stereocenters. The Morgan fingerprint density at radius 3 is 1.02 bits per heavy atom. The van der Waals surface area contributed by atoms with Crippen molar-refractivity contribution in [1.82, 2.24) is 29.9 Å². The number of hydrogen-bond donors (Lipinski definition) is 9. The number of aliphatic hydroxyl groups excluding tert-OH is 2. The molecule has 6 heterocycles. The fourth-order valence-electron chi connectivity index (χ4n) is 15.0. The first kappa shape index (κ1) is 90.0. The number of halogens is 1. The number of fused-ring (bicyclic) bond motifs is 6. The van der Waals surface area contributed by atoms with Crippen molar-refractivity contribution in [2.75, 3.05) is 7.11 Å². The molecule has 129 heavy (non-hydrogen) atoms. The van der Waals surface area contributed by atoms with Crippen LogP contribution in [0.5, 0.6) is 57.5 Å². The highest BCUT2D eigenvalue weighted by Crippen LogP contribution is 2.36. The van der Waals surface area contributed by atoms with E-state index in [4.69, 9.17) is 21.1 Å². The smallest absolute Gasteiger partial charge is 0.137 e. The van der Waals surface area contributed by atoms with Crippen LogP contribution < -0.4 is 9.47 Å². The number of aromatic nitrogens is 6. The van der Waals surface area contributed by atoms with Crippen molar-refractivity contribution in [3.05, 3.63) is 427 Å². The molecule has 18 heteroatoms. The summed E-state index contributed by atoms with van der Waals surface area (Å²) < 4.78 is 11.0. The third-order valence-corrected chi connectivity index (χ3v) is 22.3. The van der Waals surface area contributed by atoms with E-state index >= 15 is 0 Å². The first-order valence-electron chi connectivity index (χ1n) is 42.2. The second kappa shape index (κ2) is 41.7. The normalized spacial score (nSPS) is 10.9. The van der Waals surface area contributed by atoms with E-state index in [-0.39, 0.29) is 53.5 Å². The average Bonchev–Trinajstić information content (AvgIpc) is 0.786. The van der Waals surface area contributed by atoms with Crippen LogP contribution >= 0.6 is 11.6 Å². The number of aryl methyl sites for hydroxylation is 7. The molecule has 0 amide bonds. The van der Waals surface area contributed by atoms with E-state index in [0.717, 1.165) is 130 Å². The van der Waals surface area contributed by atoms with Crippen LogP contribution in [0.1, 0.15) is 106 Å². The van der Waals surface area contributed by atoms with Gasteiger partial charge < -0.3 is 55.4 Å². The quantitative estimate of drug-likeness (QED) is 0.0435. The van der Waals surface area contributed by atoms with Crippen molar-refractivity contribution in [1.29, 1.82) is 0 Å². The van der Waals surface area contributed by atoms with Crippen molar-refractivity contribution in [2.24, 2.45) is 0 Å². The van der Waals surface area contributed by atoms with Crippen molar-refractivity contribution in [3.8, 4) is 68.6 Å². The Morgan fingerprint density at radius 2 is 0.597 bits per heavy atom. The molecule has 0 unspecified atom stereocenters. The van der Waals surface area contributed by atoms with E-state index in [2.05, 4.69) is 158 Å². The molecule has 0 saturated carbocycles. The number of nitrogens with zero attached hydrogens (tertiary/aromatic N) is 6. The lowest BCUT2D eigenvalue weighted by Crippen LogP contribution is -1.93. The van der Waals surface area contributed by atoms with Crippen molar-refractivity contribution in [3.63, 3.8) is 0 Å². The summed E-state index contributed by atoms with van der Waals surface area (Å²) in [6, 6.07) is 103. The van der Waals surface area contributed by atoms with E-state index in [0.29, 0.717) is 57.6 Å². The van der Waals surface area contributed by atoms with Crippen LogP contribution in [-0.4, -0.2) is 83.0 Å². The summed E-state index contributed by atoms with van der Waals surface area (Å²) in [5.74, 6) is 3.54. The lowest BCUT2D eigenvalue weighted by molar-refractivity contribution is 0.275. The fourth-order valence-corrected chi connectivity index (χ4v) is 15.2. The van der Waals surface area contributed by atoms with Gasteiger partial charge in [-0.2, -0.15) is 0 Å². The molecule has 0 aliphatic heterocycles. The zero-order valence-electron chi connectivity index (χ0n) is 72.9. The molecular formula is C111H99ClN6O11. The molecule has 646 valence electrons. The van der Waals surface area contributed by atoms with Crippen LogP contribution in [0.25, 0.3) is 76.5 Å². The second-order valence-electron chi connectivity index (χ2n) is 32.0. The van der Waals surface area contributed by atoms with E-state index in [1.54, 1.807) is 83.3 Å². The van der Waals surface area contributed by atoms with E-state index < -0.39 is 0 Å². The van der Waals surface area contributed by atoms with Gasteiger partial charge in [0.25, 0.3) is 0 Å². The number of rotatable bonds is 16. The molecule has 13 aromatic carbocycles. The van der Waals surface area contributed by atoms with Crippen LogP contribution in [0.3, 0.4) is 0 Å². The molecule has 0 radical (unpaired) electrons. The molecule has 19 aromatic rings. The van der Waals surface area contributed by atoms with E-state index in [1.165, 1.54) is 50.1 Å². The number of pyridine rings is 6. The lowest BCUT2D eigenvalue weighted by Gasteiger charge is -2.10. The standard InChI is InChI=1S/C23H19NO.C18H17NO3.C18H17NO2.C18H17NO.C17H14ClNO.C17H15NO3/c1-16-23(25)15-21-14-18(9-12-22(21)24-16)13-17-7-10-20(11-8-17)19-5-3-2-4-6-19;1-11-18(22)9-14-7-12(2-4-16(14)19-11)6-13-3-5-17(21)15(8-13)10-20;1-12-18(21)10-16-9-14(5-6-17(16)19-12)7-13-3-2-4-15(8-13)11-20;1-12-4-3-5-14(8-12)9-15-6-7-17-16(10-15)11-18(20)13(2)19-17;1-11-17(20)10-14-8-13(5-6-16(14)19-11)7-12-3-2-4-15(18)9-12;1-11-16(19)10-14-15(18-11)4-3-5-17(14)21-13-8-6-12(20-2)7-9-13/h2-12,14-15,25H,13H2,1H3;2-5,7-9,20-22H,6,10H2,1H3;2-6,8-10,20-21H,7,11H2,1H3;3-8,10-11,20H,9H2,1-2H3;2-6,8-10,20H,7H2,1H3;3-10,19H,1-2H3. The Kier molecular flexibility index (Phi) is 29.1. The van der Waals surface area contributed by atoms with Gasteiger partial charge in [-0.1, -0.05) is 175 Å². The van der Waals surface area contributed by atoms with Gasteiger partial charge in [0.1, 0.15) is 57.5 Å². The molecule has 6 aromatic heterocycles. The molecule has 19 rings (SSSR count). The topological polar surface area (TPSA) is 278 Å². The molecule has 0 aliphatic rings. The number of aromatic hydroxyl groups is 7. The van der Waals surface area contributed by atoms with Gasteiger partial charge in [-0.3, -0.25) is 0 Å². The predicted octanol–water partition coefficient (Wildman–Crippen LogP) is 24.6. The van der Waals surface area contributed by atoms with Gasteiger partial charge in [-0.05, 0) is 311 Å². The Labute approximate surface area is 754 Å². The highest BCUT2D eigenvalue weighted by Gasteiger charge is 2.14. The molecule has 9 N–H and O–H groups in total. The molecule has 0 saturated heterocycles. The average molecular weight is 1730 g/mol. The predicted molar refractivity (Wildman–Crippen MR) is 517 cm³/mol. The van der Waals surface area contributed by atoms with Crippen molar-refractivity contribution in [2.45, 2.75) is 93.8 Å². The van der Waals surface area contributed by atoms with Gasteiger partial charge in [-0.15, -0.1) is 0 Å². The highest BCUT2D eigenvalue weighted by atomic mass is 35.5. The third kappa shape index (κ3) is 23.9. The van der Waals surface area contributed by atoms with Crippen LogP contribution in [0.4, 0.5) is 0 Å². The summed E-state index contributed by atoms with van der Waals surface area (Å²) in [5.41, 5.74) is 26.0. The second-order valence-corrected chi connectivity index (χ2v) is 32.4. The molecular weight excluding hydrogens is 1630 g/mol. The minimum atomic E-state index is -0.186. The number of phenols is 1. The summed E-state index contributed by atoms with van der Waals surface area (Å²) in [6.45, 7) is 12.7. The summed E-state index contributed by atoms with van der Waals surface area (Å²) in [5, 5.41) is 93.1. The Bertz CT molecular complexity index is 7090. The Morgan fingerprint density at radius 1 is 0.256 bits per heavy atom. The van der Waals surface area contributed by atoms with Gasteiger partial charge in [0.05, 0.1) is 87.6 Å². The number of benzene rings is 13. The number of methoxy groups -OCH3 is 1. The SMILES string of the molecule is COc1ccc(Oc2cccc3nc(C)c(O)cc23)cc1.Cc1cccc(Cc2ccc3nc(C)c(O)cc3c2)c1.Cc1nc2ccc(Cc3ccc(-c4ccccc4)cc3)cc2cc1O.Cc1nc2ccc(Cc3ccc(O)c(CO)c3)cc2cc1O.Cc1nc2ccc(Cc3cccc(CO)c3)cc2cc1O.Cc1nc2ccc(Cc3cccc(Cl)c3)cc2cc1O. The Hall–Kier alpha value is -15.3. The van der Waals surface area contributed by atoms with Gasteiger partial charge >= 0.3 is 0 Å². The Balaban J connectivity index is 0.000000125. The maximum atomic E-state index is 9.87. The first-order valence-corrected chi connectivity index (χ1v) is 42.6. The zero-order valence-corrected chi connectivity index (χ0v) is 73.6. The van der Waals surface area contributed by atoms with Crippen LogP contribution in [0.2, 0.25) is 5.02 Å². The maximum Gasteiger partial charge on any atom is 0.137 e. The summed E-state index contributed by atoms with van der Waals surface area (Å²) >= 11 is 6.00. The van der Waals surface area contributed by atoms with E-state index in [1.807, 2.05) is 159 Å². The molecule has 0 aliphatic carbocycles. The number of ether oxygens (including phenoxy) is 2. The number of aliphatic hydroxyl groups is 2. The van der Waals surface area contributed by atoms with Crippen molar-refractivity contribution >= 4 is 77.0 Å². The minimum absolute atomic E-state index is 0.0582. The molecule has 0 spiro atoms. The van der Waals surface area contributed by atoms with Crippen LogP contribution in [0.15, 0.2) is 315 Å². The van der Waals surface area contributed by atoms with E-state index in [9.17, 15) is 46.0 Å². The number of hydrogen-bond acceptors (Lipinski definition) is 17. The van der Waals surface area contributed by atoms with Gasteiger partial charge in [0, 0.05) is 42.9 Å². The zero-order chi connectivity index (χ0) is 90.8. The highest BCUT2D eigenvalue weighted by molar-refractivity contribution is 6.30. The largest absolute Gasteiger partial charge is 0.508 e. The first-order chi connectivity index (χ1) is 62.3. The summed E-state index contributed by atoms with van der Waals surface area (Å²) in [6.07, 6.45) is 4.04. The van der Waals surface area contributed by atoms with Gasteiger partial charge in [0.2, 0.25) is 0 Å². The molecule has 17 nitrogen and oxygen atoms in total. The van der Waals surface area contributed by atoms with Crippen LogP contribution in [-0.2, 0) is 45.3 Å². The molecule has 0 fully saturated rings. The van der Waals surface area contributed by atoms with Gasteiger partial charge in [-0.25, -0.2) is 29.9 Å². The third-order valence-electron chi connectivity index (χ3n) is 22.0. The van der Waals surface area contributed by atoms with Crippen molar-refractivity contribution < 1.29 is 55.4 Å². The summed E-state index contributed by atoms with van der Waals surface area (Å²) in [7, 11) is 1.62. The minimum Gasteiger partial charge on any atom is -0.508 e. The molecule has 0 bridgehead atoms. The summed E-state index contributed by atoms with van der Waals surface area (Å²) in [4.78, 5) is 26.2. The fraction of sp³-hybridized carbons (Fsp3) is 0.135.